The van der Waals surface area contributed by atoms with Crippen molar-refractivity contribution in [3.05, 3.63) is 120 Å². The molecule has 164 valence electrons. The lowest BCUT2D eigenvalue weighted by atomic mass is 10.1. The van der Waals surface area contributed by atoms with Crippen molar-refractivity contribution in [3.63, 3.8) is 0 Å². The van der Waals surface area contributed by atoms with E-state index in [4.69, 9.17) is 9.72 Å². The van der Waals surface area contributed by atoms with Gasteiger partial charge in [0.2, 0.25) is 5.95 Å². The van der Waals surface area contributed by atoms with E-state index in [0.717, 1.165) is 16.8 Å². The molecule has 0 aliphatic rings. The van der Waals surface area contributed by atoms with Gasteiger partial charge in [-0.3, -0.25) is 0 Å². The first-order chi connectivity index (χ1) is 16.0. The topological polar surface area (TPSA) is 77.0 Å². The summed E-state index contributed by atoms with van der Waals surface area (Å²) >= 11 is 0. The van der Waals surface area contributed by atoms with Gasteiger partial charge in [0.15, 0.2) is 0 Å². The smallest absolute Gasteiger partial charge is 0.338 e. The molecule has 6 heteroatoms. The fourth-order valence-electron chi connectivity index (χ4n) is 3.21. The van der Waals surface area contributed by atoms with Crippen molar-refractivity contribution in [2.75, 3.05) is 5.32 Å². The van der Waals surface area contributed by atoms with Crippen molar-refractivity contribution in [1.29, 1.82) is 0 Å². The van der Waals surface area contributed by atoms with Gasteiger partial charge in [-0.2, -0.15) is 9.97 Å². The summed E-state index contributed by atoms with van der Waals surface area (Å²) in [5.41, 5.74) is 3.28. The number of esters is 1. The molecule has 0 saturated heterocycles. The summed E-state index contributed by atoms with van der Waals surface area (Å²) in [5.74, 6) is 1.79. The van der Waals surface area contributed by atoms with Crippen molar-refractivity contribution >= 4 is 17.6 Å². The summed E-state index contributed by atoms with van der Waals surface area (Å²) in [6.45, 7) is 5.24. The molecule has 4 aromatic rings. The van der Waals surface area contributed by atoms with Crippen LogP contribution in [0.1, 0.15) is 29.7 Å². The number of aromatic nitrogens is 3. The van der Waals surface area contributed by atoms with Gasteiger partial charge in [-0.05, 0) is 42.3 Å². The molecular formula is C27H24N4O2. The molecule has 0 amide bonds. The molecule has 3 aromatic carbocycles. The Morgan fingerprint density at radius 3 is 2.09 bits per heavy atom. The van der Waals surface area contributed by atoms with Crippen LogP contribution in [0.2, 0.25) is 0 Å². The molecule has 4 rings (SSSR count). The second-order valence-electron chi connectivity index (χ2n) is 7.64. The minimum absolute atomic E-state index is 0.347. The summed E-state index contributed by atoms with van der Waals surface area (Å²) in [7, 11) is 0. The van der Waals surface area contributed by atoms with E-state index in [1.54, 1.807) is 13.0 Å². The largest absolute Gasteiger partial charge is 0.423 e. The highest BCUT2D eigenvalue weighted by atomic mass is 16.5. The predicted octanol–water partition coefficient (Wildman–Crippen LogP) is 5.28. The number of nitrogens with one attached hydrogen (secondary N) is 1. The molecule has 0 bridgehead atoms. The Morgan fingerprint density at radius 2 is 1.42 bits per heavy atom. The summed E-state index contributed by atoms with van der Waals surface area (Å²) in [6, 6.07) is 27.2. The van der Waals surface area contributed by atoms with E-state index in [1.165, 1.54) is 0 Å². The van der Waals surface area contributed by atoms with Gasteiger partial charge in [-0.1, -0.05) is 67.2 Å². The van der Waals surface area contributed by atoms with Crippen molar-refractivity contribution < 1.29 is 9.53 Å². The van der Waals surface area contributed by atoms with E-state index in [-0.39, 0.29) is 0 Å². The van der Waals surface area contributed by atoms with Crippen molar-refractivity contribution in [2.24, 2.45) is 0 Å². The van der Waals surface area contributed by atoms with Gasteiger partial charge in [0.1, 0.15) is 17.4 Å². The van der Waals surface area contributed by atoms with E-state index in [2.05, 4.69) is 21.9 Å². The Kier molecular flexibility index (Phi) is 6.85. The first-order valence-electron chi connectivity index (χ1n) is 10.6. The quantitative estimate of drug-likeness (QED) is 0.230. The van der Waals surface area contributed by atoms with Crippen LogP contribution in [0.15, 0.2) is 97.1 Å². The molecule has 1 aromatic heterocycles. The molecule has 1 N–H and O–H groups in total. The third-order valence-electron chi connectivity index (χ3n) is 4.78. The molecular weight excluding hydrogens is 412 g/mol. The standard InChI is InChI=1S/C27H24N4O2/c1-19(2)26(32)33-23-15-9-12-21(16-23)18-25-29-24(17-20-10-5-3-6-11-20)30-27(31-25)28-22-13-7-4-8-14-22/h3-16H,1,17-18H2,2H3,(H,28,29,30,31). The zero-order valence-electron chi connectivity index (χ0n) is 18.4. The zero-order chi connectivity index (χ0) is 23.0. The molecule has 1 heterocycles. The highest BCUT2D eigenvalue weighted by Gasteiger charge is 2.11. The van der Waals surface area contributed by atoms with E-state index in [0.29, 0.717) is 41.8 Å². The van der Waals surface area contributed by atoms with Crippen LogP contribution in [0.4, 0.5) is 11.6 Å². The Labute approximate surface area is 193 Å². The van der Waals surface area contributed by atoms with Crippen LogP contribution in [0.5, 0.6) is 5.75 Å². The number of rotatable bonds is 8. The predicted molar refractivity (Wildman–Crippen MR) is 128 cm³/mol. The first kappa shape index (κ1) is 21.9. The van der Waals surface area contributed by atoms with E-state index in [9.17, 15) is 4.79 Å². The van der Waals surface area contributed by atoms with Crippen LogP contribution >= 0.6 is 0 Å². The summed E-state index contributed by atoms with van der Waals surface area (Å²) in [5, 5.41) is 3.26. The van der Waals surface area contributed by atoms with Crippen LogP contribution in [-0.2, 0) is 17.6 Å². The number of benzene rings is 3. The monoisotopic (exact) mass is 436 g/mol. The number of hydrogen-bond acceptors (Lipinski definition) is 6. The Balaban J connectivity index is 1.61. The normalized spacial score (nSPS) is 10.5. The molecule has 0 atom stereocenters. The van der Waals surface area contributed by atoms with Crippen LogP contribution in [0.25, 0.3) is 0 Å². The summed E-state index contributed by atoms with van der Waals surface area (Å²) in [4.78, 5) is 25.8. The SMILES string of the molecule is C=C(C)C(=O)Oc1cccc(Cc2nc(Cc3ccccc3)nc(Nc3ccccc3)n2)c1. The van der Waals surface area contributed by atoms with Gasteiger partial charge in [0, 0.05) is 24.1 Å². The molecule has 33 heavy (non-hydrogen) atoms. The first-order valence-corrected chi connectivity index (χ1v) is 10.6. The zero-order valence-corrected chi connectivity index (χ0v) is 18.4. The van der Waals surface area contributed by atoms with Crippen LogP contribution in [0.3, 0.4) is 0 Å². The molecule has 0 spiro atoms. The lowest BCUT2D eigenvalue weighted by Gasteiger charge is -2.10. The van der Waals surface area contributed by atoms with E-state index in [1.807, 2.05) is 78.9 Å². The molecule has 6 nitrogen and oxygen atoms in total. The average molecular weight is 437 g/mol. The van der Waals surface area contributed by atoms with Gasteiger partial charge >= 0.3 is 5.97 Å². The molecule has 0 saturated carbocycles. The van der Waals surface area contributed by atoms with Crippen molar-refractivity contribution in [3.8, 4) is 5.75 Å². The maximum atomic E-state index is 11.9. The molecule has 0 aliphatic heterocycles. The Bertz CT molecular complexity index is 1200. The van der Waals surface area contributed by atoms with Crippen LogP contribution < -0.4 is 10.1 Å². The van der Waals surface area contributed by atoms with Gasteiger partial charge in [0.05, 0.1) is 0 Å². The fraction of sp³-hybridized carbons (Fsp3) is 0.111. The average Bonchev–Trinajstić information content (AvgIpc) is 2.80. The lowest BCUT2D eigenvalue weighted by molar-refractivity contribution is -0.130. The second kappa shape index (κ2) is 10.3. The molecule has 0 aliphatic carbocycles. The fourth-order valence-corrected chi connectivity index (χ4v) is 3.21. The highest BCUT2D eigenvalue weighted by molar-refractivity contribution is 5.88. The van der Waals surface area contributed by atoms with E-state index < -0.39 is 5.97 Å². The number of ether oxygens (including phenoxy) is 1. The number of hydrogen-bond donors (Lipinski definition) is 1. The van der Waals surface area contributed by atoms with Crippen molar-refractivity contribution in [2.45, 2.75) is 19.8 Å². The van der Waals surface area contributed by atoms with Crippen LogP contribution in [0, 0.1) is 0 Å². The summed E-state index contributed by atoms with van der Waals surface area (Å²) in [6.07, 6.45) is 1.06. The lowest BCUT2D eigenvalue weighted by Crippen LogP contribution is -2.10. The number of nitrogens with zero attached hydrogens (tertiary/aromatic N) is 3. The maximum Gasteiger partial charge on any atom is 0.338 e. The summed E-state index contributed by atoms with van der Waals surface area (Å²) < 4.78 is 5.36. The van der Waals surface area contributed by atoms with Crippen LogP contribution in [-0.4, -0.2) is 20.9 Å². The van der Waals surface area contributed by atoms with Gasteiger partial charge in [0.25, 0.3) is 0 Å². The number of carbonyl (C=O) groups is 1. The van der Waals surface area contributed by atoms with E-state index >= 15 is 0 Å². The van der Waals surface area contributed by atoms with Gasteiger partial charge in [-0.15, -0.1) is 0 Å². The molecule has 0 fully saturated rings. The highest BCUT2D eigenvalue weighted by Crippen LogP contribution is 2.19. The number of anilines is 2. The molecule has 0 radical (unpaired) electrons. The van der Waals surface area contributed by atoms with Gasteiger partial charge < -0.3 is 10.1 Å². The number of carbonyl (C=O) groups excluding carboxylic acids is 1. The minimum Gasteiger partial charge on any atom is -0.423 e. The van der Waals surface area contributed by atoms with Gasteiger partial charge in [-0.25, -0.2) is 9.78 Å². The third kappa shape index (κ3) is 6.33. The third-order valence-corrected chi connectivity index (χ3v) is 4.78. The molecule has 0 unspecified atom stereocenters. The minimum atomic E-state index is -0.452. The maximum absolute atomic E-state index is 11.9. The Morgan fingerprint density at radius 1 is 0.818 bits per heavy atom. The Hall–Kier alpha value is -4.32. The number of para-hydroxylation sites is 1. The van der Waals surface area contributed by atoms with Crippen molar-refractivity contribution in [1.82, 2.24) is 15.0 Å². The second-order valence-corrected chi connectivity index (χ2v) is 7.64.